The van der Waals surface area contributed by atoms with Crippen LogP contribution in [0, 0.1) is 6.92 Å². The standard InChI is InChI=1S/C16H13BrCl2N2/c1-9-6-10(17)7-14-16(9)20-15(21(14)2)8-11-12(18)4-3-5-13(11)19/h3-7H,8H2,1-2H3. The highest BCUT2D eigenvalue weighted by atomic mass is 79.9. The summed E-state index contributed by atoms with van der Waals surface area (Å²) in [5, 5.41) is 1.35. The van der Waals surface area contributed by atoms with Gasteiger partial charge in [-0.15, -0.1) is 0 Å². The van der Waals surface area contributed by atoms with Crippen LogP contribution in [0.1, 0.15) is 17.0 Å². The zero-order chi connectivity index (χ0) is 15.1. The Morgan fingerprint density at radius 1 is 1.19 bits per heavy atom. The van der Waals surface area contributed by atoms with E-state index in [-0.39, 0.29) is 0 Å². The first kappa shape index (κ1) is 14.9. The van der Waals surface area contributed by atoms with E-state index >= 15 is 0 Å². The smallest absolute Gasteiger partial charge is 0.114 e. The molecular weight excluding hydrogens is 371 g/mol. The molecule has 0 aliphatic rings. The van der Waals surface area contributed by atoms with E-state index in [9.17, 15) is 0 Å². The summed E-state index contributed by atoms with van der Waals surface area (Å²) >= 11 is 16.0. The summed E-state index contributed by atoms with van der Waals surface area (Å²) in [7, 11) is 2.02. The Kier molecular flexibility index (Phi) is 4.00. The normalized spacial score (nSPS) is 11.3. The molecule has 0 fully saturated rings. The van der Waals surface area contributed by atoms with Crippen LogP contribution in [0.4, 0.5) is 0 Å². The minimum atomic E-state index is 0.612. The van der Waals surface area contributed by atoms with Gasteiger partial charge in [-0.05, 0) is 42.3 Å². The number of benzene rings is 2. The number of imidazole rings is 1. The molecule has 2 aromatic carbocycles. The molecule has 0 amide bonds. The van der Waals surface area contributed by atoms with Gasteiger partial charge in [0.2, 0.25) is 0 Å². The molecule has 0 saturated heterocycles. The number of halogens is 3. The summed E-state index contributed by atoms with van der Waals surface area (Å²) in [6.07, 6.45) is 0.612. The van der Waals surface area contributed by atoms with Crippen LogP contribution in [-0.4, -0.2) is 9.55 Å². The van der Waals surface area contributed by atoms with E-state index in [1.807, 2.05) is 25.2 Å². The van der Waals surface area contributed by atoms with Gasteiger partial charge in [0.05, 0.1) is 11.0 Å². The first-order valence-electron chi connectivity index (χ1n) is 6.51. The van der Waals surface area contributed by atoms with E-state index in [1.165, 1.54) is 0 Å². The zero-order valence-corrected chi connectivity index (χ0v) is 14.7. The predicted octanol–water partition coefficient (Wildman–Crippen LogP) is 5.54. The quantitative estimate of drug-likeness (QED) is 0.567. The highest BCUT2D eigenvalue weighted by molar-refractivity contribution is 9.10. The lowest BCUT2D eigenvalue weighted by molar-refractivity contribution is 0.844. The number of nitrogens with zero attached hydrogens (tertiary/aromatic N) is 2. The van der Waals surface area contributed by atoms with Gasteiger partial charge in [-0.2, -0.15) is 0 Å². The average Bonchev–Trinajstić information content (AvgIpc) is 2.72. The van der Waals surface area contributed by atoms with Crippen molar-refractivity contribution in [2.75, 3.05) is 0 Å². The fraction of sp³-hybridized carbons (Fsp3) is 0.188. The third-order valence-corrected chi connectivity index (χ3v) is 4.80. The van der Waals surface area contributed by atoms with E-state index < -0.39 is 0 Å². The predicted molar refractivity (Wildman–Crippen MR) is 92.4 cm³/mol. The minimum Gasteiger partial charge on any atom is -0.331 e. The molecule has 0 unspecified atom stereocenters. The molecule has 1 aromatic heterocycles. The van der Waals surface area contributed by atoms with E-state index in [0.29, 0.717) is 16.5 Å². The number of aromatic nitrogens is 2. The van der Waals surface area contributed by atoms with E-state index in [2.05, 4.69) is 39.6 Å². The van der Waals surface area contributed by atoms with Gasteiger partial charge in [0.15, 0.2) is 0 Å². The van der Waals surface area contributed by atoms with Crippen LogP contribution in [-0.2, 0) is 13.5 Å². The Bertz CT molecular complexity index is 820. The van der Waals surface area contributed by atoms with E-state index in [0.717, 1.165) is 32.5 Å². The first-order valence-corrected chi connectivity index (χ1v) is 8.06. The topological polar surface area (TPSA) is 17.8 Å². The molecule has 1 heterocycles. The van der Waals surface area contributed by atoms with Crippen LogP contribution in [0.5, 0.6) is 0 Å². The molecule has 5 heteroatoms. The van der Waals surface area contributed by atoms with Crippen molar-refractivity contribution in [3.05, 3.63) is 61.8 Å². The van der Waals surface area contributed by atoms with Crippen LogP contribution in [0.2, 0.25) is 10.0 Å². The average molecular weight is 384 g/mol. The molecule has 0 spiro atoms. The summed E-state index contributed by atoms with van der Waals surface area (Å²) in [5.41, 5.74) is 4.17. The number of rotatable bonds is 2. The van der Waals surface area contributed by atoms with Gasteiger partial charge in [-0.25, -0.2) is 4.98 Å². The molecular formula is C16H13BrCl2N2. The molecule has 0 aliphatic heterocycles. The molecule has 0 aliphatic carbocycles. The summed E-state index contributed by atoms with van der Waals surface area (Å²) in [6.45, 7) is 2.06. The summed E-state index contributed by atoms with van der Waals surface area (Å²) in [5.74, 6) is 0.946. The highest BCUT2D eigenvalue weighted by Gasteiger charge is 2.14. The van der Waals surface area contributed by atoms with E-state index in [4.69, 9.17) is 28.2 Å². The number of aryl methyl sites for hydroxylation is 2. The van der Waals surface area contributed by atoms with Crippen molar-refractivity contribution < 1.29 is 0 Å². The SMILES string of the molecule is Cc1cc(Br)cc2c1nc(Cc1c(Cl)cccc1Cl)n2C. The van der Waals surface area contributed by atoms with Crippen LogP contribution in [0.3, 0.4) is 0 Å². The number of fused-ring (bicyclic) bond motifs is 1. The lowest BCUT2D eigenvalue weighted by atomic mass is 10.1. The van der Waals surface area contributed by atoms with Gasteiger partial charge < -0.3 is 4.57 Å². The lowest BCUT2D eigenvalue weighted by Crippen LogP contribution is -2.00. The van der Waals surface area contributed by atoms with Crippen LogP contribution in [0.15, 0.2) is 34.8 Å². The second kappa shape index (κ2) is 5.64. The maximum atomic E-state index is 6.26. The Balaban J connectivity index is 2.14. The molecule has 0 saturated carbocycles. The highest BCUT2D eigenvalue weighted by Crippen LogP contribution is 2.29. The summed E-state index contributed by atoms with van der Waals surface area (Å²) in [4.78, 5) is 4.76. The van der Waals surface area contributed by atoms with Crippen molar-refractivity contribution in [3.63, 3.8) is 0 Å². The summed E-state index contributed by atoms with van der Waals surface area (Å²) in [6, 6.07) is 9.71. The Hall–Kier alpha value is -1.03. The molecule has 108 valence electrons. The summed E-state index contributed by atoms with van der Waals surface area (Å²) < 4.78 is 3.14. The lowest BCUT2D eigenvalue weighted by Gasteiger charge is -2.07. The first-order chi connectivity index (χ1) is 9.97. The van der Waals surface area contributed by atoms with Crippen LogP contribution in [0.25, 0.3) is 11.0 Å². The third-order valence-electron chi connectivity index (χ3n) is 3.63. The van der Waals surface area contributed by atoms with Gasteiger partial charge in [0, 0.05) is 28.0 Å². The second-order valence-corrected chi connectivity index (χ2v) is 6.78. The maximum Gasteiger partial charge on any atom is 0.114 e. The van der Waals surface area contributed by atoms with Gasteiger partial charge in [0.1, 0.15) is 5.82 Å². The van der Waals surface area contributed by atoms with Crippen molar-refractivity contribution in [1.82, 2.24) is 9.55 Å². The third kappa shape index (κ3) is 2.70. The monoisotopic (exact) mass is 382 g/mol. The molecule has 0 atom stereocenters. The van der Waals surface area contributed by atoms with Gasteiger partial charge >= 0.3 is 0 Å². The fourth-order valence-corrected chi connectivity index (χ4v) is 3.57. The molecule has 3 aromatic rings. The van der Waals surface area contributed by atoms with Gasteiger partial charge in [-0.3, -0.25) is 0 Å². The Morgan fingerprint density at radius 3 is 2.52 bits per heavy atom. The Morgan fingerprint density at radius 2 is 1.86 bits per heavy atom. The minimum absolute atomic E-state index is 0.612. The van der Waals surface area contributed by atoms with Crippen molar-refractivity contribution >= 4 is 50.2 Å². The maximum absolute atomic E-state index is 6.26. The number of hydrogen-bond acceptors (Lipinski definition) is 1. The molecule has 21 heavy (non-hydrogen) atoms. The van der Waals surface area contributed by atoms with Gasteiger partial charge in [-0.1, -0.05) is 45.2 Å². The van der Waals surface area contributed by atoms with Crippen LogP contribution < -0.4 is 0 Å². The largest absolute Gasteiger partial charge is 0.331 e. The molecule has 3 rings (SSSR count). The zero-order valence-electron chi connectivity index (χ0n) is 11.6. The van der Waals surface area contributed by atoms with Crippen molar-refractivity contribution in [2.45, 2.75) is 13.3 Å². The van der Waals surface area contributed by atoms with Crippen molar-refractivity contribution in [1.29, 1.82) is 0 Å². The van der Waals surface area contributed by atoms with E-state index in [1.54, 1.807) is 0 Å². The van der Waals surface area contributed by atoms with Crippen molar-refractivity contribution in [2.24, 2.45) is 7.05 Å². The molecule has 2 nitrogen and oxygen atoms in total. The van der Waals surface area contributed by atoms with Crippen LogP contribution >= 0.6 is 39.1 Å². The fourth-order valence-electron chi connectivity index (χ4n) is 2.48. The molecule has 0 bridgehead atoms. The Labute approximate surface area is 141 Å². The molecule has 0 radical (unpaired) electrons. The van der Waals surface area contributed by atoms with Gasteiger partial charge in [0.25, 0.3) is 0 Å². The van der Waals surface area contributed by atoms with Crippen molar-refractivity contribution in [3.8, 4) is 0 Å². The second-order valence-electron chi connectivity index (χ2n) is 5.05. The number of hydrogen-bond donors (Lipinski definition) is 0. The molecule has 0 N–H and O–H groups in total.